The third-order valence-corrected chi connectivity index (χ3v) is 4.23. The second-order valence-corrected chi connectivity index (χ2v) is 5.65. The largest absolute Gasteiger partial charge is 0.484 e. The van der Waals surface area contributed by atoms with Crippen LogP contribution in [-0.4, -0.2) is 35.6 Å². The molecule has 1 aromatic carbocycles. The maximum absolute atomic E-state index is 12.0. The first-order valence-corrected chi connectivity index (χ1v) is 7.45. The summed E-state index contributed by atoms with van der Waals surface area (Å²) < 4.78 is 5.61. The number of hydrogen-bond acceptors (Lipinski definition) is 3. The average molecular weight is 275 g/mol. The lowest BCUT2D eigenvalue weighted by Crippen LogP contribution is -2.38. The summed E-state index contributed by atoms with van der Waals surface area (Å²) in [6, 6.07) is 5.71. The third kappa shape index (κ3) is 2.80. The number of rotatable bonds is 3. The van der Waals surface area contributed by atoms with Gasteiger partial charge in [-0.3, -0.25) is 4.79 Å². The fourth-order valence-electron chi connectivity index (χ4n) is 3.04. The second kappa shape index (κ2) is 5.83. The minimum absolute atomic E-state index is 0.0743. The molecule has 1 amide bonds. The van der Waals surface area contributed by atoms with Crippen LogP contribution in [0.4, 0.5) is 0 Å². The van der Waals surface area contributed by atoms with E-state index >= 15 is 0 Å². The SMILES string of the molecule is O=C(COc1ccc2c(c1)CC[C@@H]2O)N1CCCCC1. The van der Waals surface area contributed by atoms with E-state index in [1.54, 1.807) is 0 Å². The van der Waals surface area contributed by atoms with Crippen molar-refractivity contribution in [3.8, 4) is 5.75 Å². The van der Waals surface area contributed by atoms with E-state index in [1.807, 2.05) is 23.1 Å². The van der Waals surface area contributed by atoms with Gasteiger partial charge in [-0.1, -0.05) is 6.07 Å². The van der Waals surface area contributed by atoms with Crippen LogP contribution in [0, 0.1) is 0 Å². The van der Waals surface area contributed by atoms with E-state index in [2.05, 4.69) is 0 Å². The molecule has 1 aromatic rings. The van der Waals surface area contributed by atoms with E-state index in [0.717, 1.165) is 55.6 Å². The van der Waals surface area contributed by atoms with E-state index in [4.69, 9.17) is 4.74 Å². The number of aliphatic hydroxyl groups is 1. The molecule has 2 aliphatic rings. The number of likely N-dealkylation sites (tertiary alicyclic amines) is 1. The molecule has 3 rings (SSSR count). The first kappa shape index (κ1) is 13.4. The molecule has 0 saturated carbocycles. The van der Waals surface area contributed by atoms with Crippen molar-refractivity contribution in [1.82, 2.24) is 4.90 Å². The van der Waals surface area contributed by atoms with Gasteiger partial charge >= 0.3 is 0 Å². The first-order valence-electron chi connectivity index (χ1n) is 7.45. The Morgan fingerprint density at radius 1 is 1.30 bits per heavy atom. The van der Waals surface area contributed by atoms with Crippen molar-refractivity contribution in [2.45, 2.75) is 38.2 Å². The lowest BCUT2D eigenvalue weighted by atomic mass is 10.1. The van der Waals surface area contributed by atoms with Gasteiger partial charge < -0.3 is 14.7 Å². The van der Waals surface area contributed by atoms with E-state index in [1.165, 1.54) is 6.42 Å². The summed E-state index contributed by atoms with van der Waals surface area (Å²) in [6.45, 7) is 1.83. The van der Waals surface area contributed by atoms with Gasteiger partial charge in [-0.2, -0.15) is 0 Å². The number of nitrogens with zero attached hydrogens (tertiary/aromatic N) is 1. The van der Waals surface area contributed by atoms with Gasteiger partial charge in [0.2, 0.25) is 0 Å². The zero-order valence-corrected chi connectivity index (χ0v) is 11.7. The fourth-order valence-corrected chi connectivity index (χ4v) is 3.04. The number of fused-ring (bicyclic) bond motifs is 1. The summed E-state index contributed by atoms with van der Waals surface area (Å²) >= 11 is 0. The average Bonchev–Trinajstić information content (AvgIpc) is 2.87. The Balaban J connectivity index is 1.57. The monoisotopic (exact) mass is 275 g/mol. The maximum atomic E-state index is 12.0. The highest BCUT2D eigenvalue weighted by atomic mass is 16.5. The normalized spacial score (nSPS) is 21.6. The molecule has 0 radical (unpaired) electrons. The molecule has 4 heteroatoms. The van der Waals surface area contributed by atoms with Gasteiger partial charge in [-0.15, -0.1) is 0 Å². The zero-order chi connectivity index (χ0) is 13.9. The van der Waals surface area contributed by atoms with Crippen LogP contribution >= 0.6 is 0 Å². The summed E-state index contributed by atoms with van der Waals surface area (Å²) in [4.78, 5) is 13.9. The molecule has 0 unspecified atom stereocenters. The van der Waals surface area contributed by atoms with Gasteiger partial charge in [0.25, 0.3) is 5.91 Å². The van der Waals surface area contributed by atoms with Crippen molar-refractivity contribution in [2.75, 3.05) is 19.7 Å². The van der Waals surface area contributed by atoms with Gasteiger partial charge in [0.1, 0.15) is 5.75 Å². The highest BCUT2D eigenvalue weighted by Crippen LogP contribution is 2.33. The standard InChI is InChI=1S/C16H21NO3/c18-15-7-4-12-10-13(5-6-14(12)15)20-11-16(19)17-8-2-1-3-9-17/h5-6,10,15,18H,1-4,7-9,11H2/t15-/m0/s1. The molecule has 1 fully saturated rings. The van der Waals surface area contributed by atoms with E-state index < -0.39 is 0 Å². The molecule has 1 atom stereocenters. The van der Waals surface area contributed by atoms with Gasteiger partial charge in [-0.05, 0) is 55.4 Å². The van der Waals surface area contributed by atoms with Crippen molar-refractivity contribution < 1.29 is 14.6 Å². The number of carbonyl (C=O) groups excluding carboxylic acids is 1. The van der Waals surface area contributed by atoms with E-state index in [0.29, 0.717) is 0 Å². The molecular formula is C16H21NO3. The van der Waals surface area contributed by atoms with Crippen LogP contribution in [0.25, 0.3) is 0 Å². The molecule has 20 heavy (non-hydrogen) atoms. The zero-order valence-electron chi connectivity index (χ0n) is 11.7. The Kier molecular flexibility index (Phi) is 3.92. The Morgan fingerprint density at radius 3 is 2.90 bits per heavy atom. The smallest absolute Gasteiger partial charge is 0.260 e. The molecule has 0 spiro atoms. The number of ether oxygens (including phenoxy) is 1. The second-order valence-electron chi connectivity index (χ2n) is 5.65. The number of hydrogen-bond donors (Lipinski definition) is 1. The third-order valence-electron chi connectivity index (χ3n) is 4.23. The summed E-state index contributed by atoms with van der Waals surface area (Å²) in [6.07, 6.45) is 4.75. The van der Waals surface area contributed by atoms with Crippen molar-refractivity contribution in [3.63, 3.8) is 0 Å². The van der Waals surface area contributed by atoms with Crippen molar-refractivity contribution in [1.29, 1.82) is 0 Å². The van der Waals surface area contributed by atoms with Crippen LogP contribution in [0.1, 0.15) is 42.9 Å². The lowest BCUT2D eigenvalue weighted by molar-refractivity contribution is -0.134. The quantitative estimate of drug-likeness (QED) is 0.918. The van der Waals surface area contributed by atoms with Crippen LogP contribution in [0.3, 0.4) is 0 Å². The predicted octanol–water partition coefficient (Wildman–Crippen LogP) is 2.06. The molecule has 0 bridgehead atoms. The van der Waals surface area contributed by atoms with Crippen LogP contribution < -0.4 is 4.74 Å². The highest BCUT2D eigenvalue weighted by molar-refractivity contribution is 5.77. The van der Waals surface area contributed by atoms with Crippen molar-refractivity contribution in [2.24, 2.45) is 0 Å². The molecular weight excluding hydrogens is 254 g/mol. The Morgan fingerprint density at radius 2 is 2.10 bits per heavy atom. The van der Waals surface area contributed by atoms with Crippen LogP contribution in [0.2, 0.25) is 0 Å². The molecule has 1 N–H and O–H groups in total. The molecule has 108 valence electrons. The van der Waals surface area contributed by atoms with E-state index in [-0.39, 0.29) is 18.6 Å². The number of piperidine rings is 1. The molecule has 1 aliphatic heterocycles. The Bertz CT molecular complexity index is 494. The number of amides is 1. The summed E-state index contributed by atoms with van der Waals surface area (Å²) in [5.74, 6) is 0.799. The maximum Gasteiger partial charge on any atom is 0.260 e. The van der Waals surface area contributed by atoms with Gasteiger partial charge in [0.05, 0.1) is 6.10 Å². The number of aryl methyl sites for hydroxylation is 1. The first-order chi connectivity index (χ1) is 9.74. The lowest BCUT2D eigenvalue weighted by Gasteiger charge is -2.26. The molecule has 4 nitrogen and oxygen atoms in total. The van der Waals surface area contributed by atoms with Crippen LogP contribution in [-0.2, 0) is 11.2 Å². The van der Waals surface area contributed by atoms with Gasteiger partial charge in [0, 0.05) is 13.1 Å². The van der Waals surface area contributed by atoms with Crippen LogP contribution in [0.5, 0.6) is 5.75 Å². The minimum atomic E-state index is -0.339. The number of benzene rings is 1. The highest BCUT2D eigenvalue weighted by Gasteiger charge is 2.21. The van der Waals surface area contributed by atoms with Crippen LogP contribution in [0.15, 0.2) is 18.2 Å². The van der Waals surface area contributed by atoms with Gasteiger partial charge in [-0.25, -0.2) is 0 Å². The van der Waals surface area contributed by atoms with Crippen molar-refractivity contribution >= 4 is 5.91 Å². The minimum Gasteiger partial charge on any atom is -0.484 e. The Labute approximate surface area is 119 Å². The summed E-state index contributed by atoms with van der Waals surface area (Å²) in [7, 11) is 0. The molecule has 1 aliphatic carbocycles. The van der Waals surface area contributed by atoms with Crippen molar-refractivity contribution in [3.05, 3.63) is 29.3 Å². The summed E-state index contributed by atoms with van der Waals surface area (Å²) in [5, 5.41) is 9.76. The van der Waals surface area contributed by atoms with E-state index in [9.17, 15) is 9.90 Å². The molecule has 1 heterocycles. The topological polar surface area (TPSA) is 49.8 Å². The number of carbonyl (C=O) groups is 1. The molecule has 1 saturated heterocycles. The summed E-state index contributed by atoms with van der Waals surface area (Å²) in [5.41, 5.74) is 2.14. The molecule has 0 aromatic heterocycles. The number of aliphatic hydroxyl groups excluding tert-OH is 1. The predicted molar refractivity (Wildman–Crippen MR) is 75.6 cm³/mol. The Hall–Kier alpha value is -1.55. The van der Waals surface area contributed by atoms with Gasteiger partial charge in [0.15, 0.2) is 6.61 Å². The fraction of sp³-hybridized carbons (Fsp3) is 0.562.